The van der Waals surface area contributed by atoms with Crippen molar-refractivity contribution < 1.29 is 0 Å². The fourth-order valence-electron chi connectivity index (χ4n) is 2.12. The first-order valence-electron chi connectivity index (χ1n) is 6.06. The Labute approximate surface area is 110 Å². The quantitative estimate of drug-likeness (QED) is 0.761. The predicted molar refractivity (Wildman–Crippen MR) is 74.4 cm³/mol. The molecule has 0 saturated heterocycles. The Bertz CT molecular complexity index is 756. The van der Waals surface area contributed by atoms with Crippen LogP contribution in [-0.4, -0.2) is 14.8 Å². The van der Waals surface area contributed by atoms with E-state index in [1.54, 1.807) is 4.57 Å². The number of rotatable bonds is 2. The molecule has 4 heteroatoms. The van der Waals surface area contributed by atoms with Crippen LogP contribution in [0.5, 0.6) is 0 Å². The number of benzene rings is 2. The van der Waals surface area contributed by atoms with Gasteiger partial charge in [-0.15, -0.1) is 0 Å². The lowest BCUT2D eigenvalue weighted by molar-refractivity contribution is 0.985. The molecule has 0 atom stereocenters. The highest BCUT2D eigenvalue weighted by Gasteiger charge is 2.13. The Kier molecular flexibility index (Phi) is 2.76. The molecule has 0 unspecified atom stereocenters. The first-order valence-corrected chi connectivity index (χ1v) is 6.06. The maximum Gasteiger partial charge on any atom is 0.348 e. The van der Waals surface area contributed by atoms with Gasteiger partial charge in [0.25, 0.3) is 0 Å². The Morgan fingerprint density at radius 1 is 1.00 bits per heavy atom. The molecule has 0 radical (unpaired) electrons. The molecule has 94 valence electrons. The van der Waals surface area contributed by atoms with Gasteiger partial charge >= 0.3 is 5.69 Å². The molecule has 19 heavy (non-hydrogen) atoms. The highest BCUT2D eigenvalue weighted by Crippen LogP contribution is 2.21. The summed E-state index contributed by atoms with van der Waals surface area (Å²) in [5, 5.41) is 6.67. The number of hydrogen-bond donors (Lipinski definition) is 1. The normalized spacial score (nSPS) is 10.6. The third kappa shape index (κ3) is 1.97. The van der Waals surface area contributed by atoms with Gasteiger partial charge in [0.05, 0.1) is 5.69 Å². The molecule has 4 nitrogen and oxygen atoms in total. The first-order chi connectivity index (χ1) is 9.27. The number of para-hydroxylation sites is 1. The van der Waals surface area contributed by atoms with E-state index in [0.717, 1.165) is 16.8 Å². The molecule has 1 heterocycles. The molecule has 0 bridgehead atoms. The Morgan fingerprint density at radius 2 is 1.68 bits per heavy atom. The summed E-state index contributed by atoms with van der Waals surface area (Å²) in [7, 11) is 0. The summed E-state index contributed by atoms with van der Waals surface area (Å²) in [6.45, 7) is 2.00. The van der Waals surface area contributed by atoms with Gasteiger partial charge in [-0.3, -0.25) is 0 Å². The highest BCUT2D eigenvalue weighted by atomic mass is 16.1. The van der Waals surface area contributed by atoms with Crippen LogP contribution in [0.4, 0.5) is 0 Å². The van der Waals surface area contributed by atoms with E-state index in [0.29, 0.717) is 5.82 Å². The Balaban J connectivity index is 2.26. The summed E-state index contributed by atoms with van der Waals surface area (Å²) in [4.78, 5) is 12.0. The summed E-state index contributed by atoms with van der Waals surface area (Å²) in [6.07, 6.45) is 0. The standard InChI is InChI=1S/C15H13N3O/c1-11-7-5-6-10-13(11)14-16-17-15(19)18(14)12-8-3-2-4-9-12/h2-10H,1H3,(H,17,19). The van der Waals surface area contributed by atoms with Crippen LogP contribution < -0.4 is 5.69 Å². The zero-order chi connectivity index (χ0) is 13.2. The minimum Gasteiger partial charge on any atom is -0.246 e. The number of hydrogen-bond acceptors (Lipinski definition) is 2. The van der Waals surface area contributed by atoms with Gasteiger partial charge in [0.15, 0.2) is 5.82 Å². The van der Waals surface area contributed by atoms with Gasteiger partial charge in [-0.05, 0) is 24.6 Å². The molecule has 0 saturated carbocycles. The third-order valence-electron chi connectivity index (χ3n) is 3.07. The van der Waals surface area contributed by atoms with Crippen molar-refractivity contribution in [3.63, 3.8) is 0 Å². The molecule has 0 aliphatic rings. The van der Waals surface area contributed by atoms with Gasteiger partial charge < -0.3 is 0 Å². The zero-order valence-corrected chi connectivity index (χ0v) is 10.5. The van der Waals surface area contributed by atoms with Gasteiger partial charge in [-0.1, -0.05) is 42.5 Å². The van der Waals surface area contributed by atoms with E-state index in [2.05, 4.69) is 10.2 Å². The topological polar surface area (TPSA) is 50.7 Å². The molecule has 0 aliphatic heterocycles. The minimum absolute atomic E-state index is 0.232. The molecule has 0 aliphatic carbocycles. The number of aromatic amines is 1. The molecule has 0 fully saturated rings. The van der Waals surface area contributed by atoms with Crippen LogP contribution in [-0.2, 0) is 0 Å². The Morgan fingerprint density at radius 3 is 2.42 bits per heavy atom. The van der Waals surface area contributed by atoms with Crippen LogP contribution in [0.15, 0.2) is 59.4 Å². The SMILES string of the molecule is Cc1ccccc1-c1n[nH]c(=O)n1-c1ccccc1. The molecule has 1 aromatic heterocycles. The number of aromatic nitrogens is 3. The molecule has 2 aromatic carbocycles. The predicted octanol–water partition coefficient (Wildman–Crippen LogP) is 2.54. The molecule has 3 aromatic rings. The smallest absolute Gasteiger partial charge is 0.246 e. The summed E-state index contributed by atoms with van der Waals surface area (Å²) in [6, 6.07) is 17.4. The lowest BCUT2D eigenvalue weighted by Crippen LogP contribution is -2.15. The largest absolute Gasteiger partial charge is 0.348 e. The van der Waals surface area contributed by atoms with Crippen molar-refractivity contribution in [1.29, 1.82) is 0 Å². The number of H-pyrrole nitrogens is 1. The fourth-order valence-corrected chi connectivity index (χ4v) is 2.12. The lowest BCUT2D eigenvalue weighted by atomic mass is 10.1. The monoisotopic (exact) mass is 251 g/mol. The van der Waals surface area contributed by atoms with E-state index in [9.17, 15) is 4.79 Å². The number of nitrogens with zero attached hydrogens (tertiary/aromatic N) is 2. The van der Waals surface area contributed by atoms with Crippen LogP contribution in [0, 0.1) is 6.92 Å². The van der Waals surface area contributed by atoms with Crippen LogP contribution in [0.2, 0.25) is 0 Å². The van der Waals surface area contributed by atoms with E-state index in [1.165, 1.54) is 0 Å². The average molecular weight is 251 g/mol. The first kappa shape index (κ1) is 11.5. The van der Waals surface area contributed by atoms with Gasteiger partial charge in [-0.2, -0.15) is 5.10 Å². The van der Waals surface area contributed by atoms with Crippen LogP contribution in [0.1, 0.15) is 5.56 Å². The average Bonchev–Trinajstić information content (AvgIpc) is 2.82. The van der Waals surface area contributed by atoms with E-state index in [-0.39, 0.29) is 5.69 Å². The van der Waals surface area contributed by atoms with Crippen molar-refractivity contribution in [3.8, 4) is 17.1 Å². The van der Waals surface area contributed by atoms with Crippen molar-refractivity contribution >= 4 is 0 Å². The third-order valence-corrected chi connectivity index (χ3v) is 3.07. The van der Waals surface area contributed by atoms with Crippen LogP contribution >= 0.6 is 0 Å². The van der Waals surface area contributed by atoms with E-state index < -0.39 is 0 Å². The van der Waals surface area contributed by atoms with E-state index in [1.807, 2.05) is 61.5 Å². The van der Waals surface area contributed by atoms with Crippen molar-refractivity contribution in [2.75, 3.05) is 0 Å². The summed E-state index contributed by atoms with van der Waals surface area (Å²) >= 11 is 0. The summed E-state index contributed by atoms with van der Waals surface area (Å²) in [5.74, 6) is 0.634. The second-order valence-electron chi connectivity index (χ2n) is 4.34. The van der Waals surface area contributed by atoms with Crippen molar-refractivity contribution in [1.82, 2.24) is 14.8 Å². The van der Waals surface area contributed by atoms with Crippen LogP contribution in [0.3, 0.4) is 0 Å². The second kappa shape index (κ2) is 4.57. The molecule has 3 rings (SSSR count). The minimum atomic E-state index is -0.232. The molecule has 0 amide bonds. The van der Waals surface area contributed by atoms with Gasteiger partial charge in [0.1, 0.15) is 0 Å². The van der Waals surface area contributed by atoms with E-state index in [4.69, 9.17) is 0 Å². The molecule has 0 spiro atoms. The highest BCUT2D eigenvalue weighted by molar-refractivity contribution is 5.62. The zero-order valence-electron chi connectivity index (χ0n) is 10.5. The van der Waals surface area contributed by atoms with Crippen molar-refractivity contribution in [3.05, 3.63) is 70.6 Å². The maximum atomic E-state index is 12.0. The Hall–Kier alpha value is -2.62. The molecular formula is C15H13N3O. The van der Waals surface area contributed by atoms with Crippen molar-refractivity contribution in [2.24, 2.45) is 0 Å². The number of aryl methyl sites for hydroxylation is 1. The van der Waals surface area contributed by atoms with Gasteiger partial charge in [-0.25, -0.2) is 14.5 Å². The summed E-state index contributed by atoms with van der Waals surface area (Å²) < 4.78 is 1.59. The molecule has 1 N–H and O–H groups in total. The summed E-state index contributed by atoms with van der Waals surface area (Å²) in [5.41, 5.74) is 2.60. The maximum absolute atomic E-state index is 12.0. The second-order valence-corrected chi connectivity index (χ2v) is 4.34. The van der Waals surface area contributed by atoms with Gasteiger partial charge in [0, 0.05) is 5.56 Å². The molecular weight excluding hydrogens is 238 g/mol. The van der Waals surface area contributed by atoms with Crippen LogP contribution in [0.25, 0.3) is 17.1 Å². The van der Waals surface area contributed by atoms with Gasteiger partial charge in [0.2, 0.25) is 0 Å². The lowest BCUT2D eigenvalue weighted by Gasteiger charge is -2.07. The van der Waals surface area contributed by atoms with Crippen molar-refractivity contribution in [2.45, 2.75) is 6.92 Å². The fraction of sp³-hybridized carbons (Fsp3) is 0.0667. The van der Waals surface area contributed by atoms with E-state index >= 15 is 0 Å². The number of nitrogens with one attached hydrogen (secondary N) is 1.